The molecule has 2 aromatic rings. The summed E-state index contributed by atoms with van der Waals surface area (Å²) in [7, 11) is 0. The maximum Gasteiger partial charge on any atom is 0.248 e. The highest BCUT2D eigenvalue weighted by Gasteiger charge is 2.27. The Balaban J connectivity index is 2.33. The van der Waals surface area contributed by atoms with Crippen LogP contribution in [0.1, 0.15) is 57.0 Å². The lowest BCUT2D eigenvalue weighted by Crippen LogP contribution is -2.36. The van der Waals surface area contributed by atoms with E-state index in [9.17, 15) is 10.1 Å². The summed E-state index contributed by atoms with van der Waals surface area (Å²) in [5, 5.41) is 16.0. The van der Waals surface area contributed by atoms with Gasteiger partial charge in [-0.05, 0) is 49.9 Å². The monoisotopic (exact) mass is 380 g/mol. The van der Waals surface area contributed by atoms with Gasteiger partial charge in [0.2, 0.25) is 5.91 Å². The lowest BCUT2D eigenvalue weighted by Gasteiger charge is -2.34. The number of nitrogen functional groups attached to an aromatic ring is 1. The van der Waals surface area contributed by atoms with Crippen LogP contribution in [0.2, 0.25) is 0 Å². The molecule has 1 aromatic heterocycles. The number of nitrogens with zero attached hydrogens (tertiary/aromatic N) is 2. The summed E-state index contributed by atoms with van der Waals surface area (Å²) in [5.41, 5.74) is 13.0. The highest BCUT2D eigenvalue weighted by Crippen LogP contribution is 2.32. The molecule has 148 valence electrons. The van der Waals surface area contributed by atoms with E-state index in [0.717, 1.165) is 12.1 Å². The fourth-order valence-corrected chi connectivity index (χ4v) is 3.39. The molecule has 7 nitrogen and oxygen atoms in total. The maximum absolute atomic E-state index is 11.2. The predicted molar refractivity (Wildman–Crippen MR) is 113 cm³/mol. The Morgan fingerprint density at radius 3 is 2.29 bits per heavy atom. The van der Waals surface area contributed by atoms with E-state index in [1.165, 1.54) is 0 Å². The first-order valence-electron chi connectivity index (χ1n) is 9.06. The van der Waals surface area contributed by atoms with Crippen LogP contribution in [0.15, 0.2) is 30.3 Å². The van der Waals surface area contributed by atoms with Crippen molar-refractivity contribution in [3.8, 4) is 6.07 Å². The highest BCUT2D eigenvalue weighted by atomic mass is 16.1. The van der Waals surface area contributed by atoms with E-state index in [-0.39, 0.29) is 11.0 Å². The molecule has 1 heterocycles. The predicted octanol–water partition coefficient (Wildman–Crippen LogP) is 4.00. The topological polar surface area (TPSA) is 130 Å². The zero-order chi connectivity index (χ0) is 21.1. The molecule has 28 heavy (non-hydrogen) atoms. The van der Waals surface area contributed by atoms with Gasteiger partial charge in [-0.3, -0.25) is 4.79 Å². The fourth-order valence-electron chi connectivity index (χ4n) is 3.39. The van der Waals surface area contributed by atoms with Crippen molar-refractivity contribution in [3.63, 3.8) is 0 Å². The summed E-state index contributed by atoms with van der Waals surface area (Å²) in [6.07, 6.45) is 0.874. The Hall–Kier alpha value is -3.27. The molecule has 0 radical (unpaired) electrons. The van der Waals surface area contributed by atoms with Crippen LogP contribution >= 0.6 is 0 Å². The second-order valence-corrected chi connectivity index (χ2v) is 8.75. The lowest BCUT2D eigenvalue weighted by atomic mass is 9.82. The summed E-state index contributed by atoms with van der Waals surface area (Å²) < 4.78 is 0. The van der Waals surface area contributed by atoms with Crippen LogP contribution in [0.5, 0.6) is 0 Å². The number of nitrogens with two attached hydrogens (primary N) is 2. The molecule has 0 aliphatic heterocycles. The molecule has 2 rings (SSSR count). The van der Waals surface area contributed by atoms with Gasteiger partial charge in [-0.25, -0.2) is 4.98 Å². The molecule has 0 spiro atoms. The van der Waals surface area contributed by atoms with Crippen LogP contribution in [0.25, 0.3) is 0 Å². The molecule has 6 N–H and O–H groups in total. The number of nitrogens with one attached hydrogen (secondary N) is 2. The molecule has 1 amide bonds. The van der Waals surface area contributed by atoms with Crippen molar-refractivity contribution in [2.75, 3.05) is 16.4 Å². The smallest absolute Gasteiger partial charge is 0.248 e. The Morgan fingerprint density at radius 1 is 1.18 bits per heavy atom. The minimum absolute atomic E-state index is 0.104. The van der Waals surface area contributed by atoms with Gasteiger partial charge in [0.05, 0.1) is 5.69 Å². The number of anilines is 4. The molecule has 0 unspecified atom stereocenters. The molecule has 0 aliphatic carbocycles. The van der Waals surface area contributed by atoms with Gasteiger partial charge in [0, 0.05) is 22.9 Å². The number of primary amides is 1. The van der Waals surface area contributed by atoms with Gasteiger partial charge < -0.3 is 22.1 Å². The maximum atomic E-state index is 11.2. The minimum Gasteiger partial charge on any atom is -0.397 e. The molecule has 1 aromatic carbocycles. The number of rotatable bonds is 6. The third-order valence-electron chi connectivity index (χ3n) is 4.03. The van der Waals surface area contributed by atoms with Crippen molar-refractivity contribution in [1.82, 2.24) is 4.98 Å². The summed E-state index contributed by atoms with van der Waals surface area (Å²) in [5.74, 6) is 0.449. The van der Waals surface area contributed by atoms with E-state index in [4.69, 9.17) is 11.5 Å². The molecule has 0 aliphatic rings. The number of carbonyl (C=O) groups excluding carboxylic acids is 1. The molecule has 7 heteroatoms. The largest absolute Gasteiger partial charge is 0.397 e. The zero-order valence-electron chi connectivity index (χ0n) is 17.1. The number of carbonyl (C=O) groups is 1. The zero-order valence-corrected chi connectivity index (χ0v) is 17.1. The van der Waals surface area contributed by atoms with Crippen molar-refractivity contribution in [2.24, 2.45) is 11.1 Å². The summed E-state index contributed by atoms with van der Waals surface area (Å²) in [4.78, 5) is 15.8. The number of nitriles is 1. The average molecular weight is 380 g/mol. The molecule has 0 bridgehead atoms. The van der Waals surface area contributed by atoms with Crippen molar-refractivity contribution < 1.29 is 4.79 Å². The molecular formula is C21H28N6O. The summed E-state index contributed by atoms with van der Waals surface area (Å²) in [6.45, 7) is 10.6. The van der Waals surface area contributed by atoms with Crippen molar-refractivity contribution in [2.45, 2.75) is 46.6 Å². The van der Waals surface area contributed by atoms with E-state index < -0.39 is 5.91 Å². The van der Waals surface area contributed by atoms with Gasteiger partial charge in [0.1, 0.15) is 23.3 Å². The number of hydrogen-bond acceptors (Lipinski definition) is 6. The van der Waals surface area contributed by atoms with Gasteiger partial charge in [0.25, 0.3) is 0 Å². The second kappa shape index (κ2) is 7.77. The van der Waals surface area contributed by atoms with Gasteiger partial charge >= 0.3 is 0 Å². The number of benzene rings is 1. The molecule has 0 atom stereocenters. The van der Waals surface area contributed by atoms with Crippen molar-refractivity contribution in [1.29, 1.82) is 5.26 Å². The number of amides is 1. The average Bonchev–Trinajstić information content (AvgIpc) is 2.52. The van der Waals surface area contributed by atoms with Crippen LogP contribution < -0.4 is 22.1 Å². The van der Waals surface area contributed by atoms with E-state index in [2.05, 4.69) is 56.3 Å². The first-order chi connectivity index (χ1) is 12.9. The molecular weight excluding hydrogens is 352 g/mol. The highest BCUT2D eigenvalue weighted by molar-refractivity contribution is 5.93. The number of aromatic nitrogens is 1. The first-order valence-corrected chi connectivity index (χ1v) is 9.06. The lowest BCUT2D eigenvalue weighted by molar-refractivity contribution is 0.100. The Bertz CT molecular complexity index is 904. The van der Waals surface area contributed by atoms with Gasteiger partial charge in [0.15, 0.2) is 0 Å². The Labute approximate surface area is 166 Å². The number of pyridine rings is 1. The molecule has 0 saturated carbocycles. The van der Waals surface area contributed by atoms with Gasteiger partial charge in [-0.1, -0.05) is 20.8 Å². The van der Waals surface area contributed by atoms with Crippen molar-refractivity contribution >= 4 is 28.9 Å². The van der Waals surface area contributed by atoms with Crippen molar-refractivity contribution in [3.05, 3.63) is 41.5 Å². The second-order valence-electron chi connectivity index (χ2n) is 8.75. The summed E-state index contributed by atoms with van der Waals surface area (Å²) in [6, 6.07) is 10.5. The molecule has 0 fully saturated rings. The van der Waals surface area contributed by atoms with E-state index in [1.54, 1.807) is 30.3 Å². The third kappa shape index (κ3) is 5.61. The van der Waals surface area contributed by atoms with Crippen LogP contribution in [0.3, 0.4) is 0 Å². The van der Waals surface area contributed by atoms with Gasteiger partial charge in [-0.2, -0.15) is 5.26 Å². The third-order valence-corrected chi connectivity index (χ3v) is 4.03. The van der Waals surface area contributed by atoms with Gasteiger partial charge in [-0.15, -0.1) is 0 Å². The first kappa shape index (κ1) is 21.0. The van der Waals surface area contributed by atoms with E-state index in [0.29, 0.717) is 28.5 Å². The van der Waals surface area contributed by atoms with Crippen LogP contribution in [-0.2, 0) is 0 Å². The number of hydrogen-bond donors (Lipinski definition) is 4. The van der Waals surface area contributed by atoms with Crippen LogP contribution in [0, 0.1) is 16.7 Å². The van der Waals surface area contributed by atoms with Crippen LogP contribution in [-0.4, -0.2) is 16.4 Å². The Morgan fingerprint density at radius 2 is 1.79 bits per heavy atom. The Kier molecular flexibility index (Phi) is 5.84. The van der Waals surface area contributed by atoms with E-state index >= 15 is 0 Å². The standard InChI is InChI=1S/C21H28N6O/c1-20(2,3)12-21(4,5)27-19-15(11-22)16(23)10-17(26-19)25-14-8-6-13(7-9-14)18(24)28/h6-10H,12H2,1-5H3,(H2,24,28)(H4,23,25,26,27). The normalized spacial score (nSPS) is 11.6. The summed E-state index contributed by atoms with van der Waals surface area (Å²) >= 11 is 0. The van der Waals surface area contributed by atoms with E-state index in [1.807, 2.05) is 0 Å². The quantitative estimate of drug-likeness (QED) is 0.599. The minimum atomic E-state index is -0.486. The SMILES string of the molecule is CC(C)(C)CC(C)(C)Nc1nc(Nc2ccc(C(N)=O)cc2)cc(N)c1C#N. The van der Waals surface area contributed by atoms with Crippen LogP contribution in [0.4, 0.5) is 23.0 Å². The fraction of sp³-hybridized carbons (Fsp3) is 0.381. The molecule has 0 saturated heterocycles.